The fourth-order valence-electron chi connectivity index (χ4n) is 1.60. The van der Waals surface area contributed by atoms with Crippen LogP contribution in [0, 0.1) is 12.8 Å². The summed E-state index contributed by atoms with van der Waals surface area (Å²) in [4.78, 5) is 0. The topological polar surface area (TPSA) is 52.0 Å². The Bertz CT molecular complexity index is 255. The van der Waals surface area contributed by atoms with Gasteiger partial charge in [-0.15, -0.1) is 0 Å². The van der Waals surface area contributed by atoms with Crippen molar-refractivity contribution in [3.63, 3.8) is 0 Å². The van der Waals surface area contributed by atoms with E-state index < -0.39 is 0 Å². The highest BCUT2D eigenvalue weighted by atomic mass is 16.5. The SMILES string of the molecule is Cc1cnoc1C(CCN)C(C)C. The Morgan fingerprint density at radius 1 is 1.54 bits per heavy atom. The molecule has 13 heavy (non-hydrogen) atoms. The quantitative estimate of drug-likeness (QED) is 0.775. The number of nitrogens with zero attached hydrogens (tertiary/aromatic N) is 1. The zero-order chi connectivity index (χ0) is 9.84. The predicted molar refractivity (Wildman–Crippen MR) is 52.5 cm³/mol. The summed E-state index contributed by atoms with van der Waals surface area (Å²) >= 11 is 0. The van der Waals surface area contributed by atoms with Crippen LogP contribution in [0.15, 0.2) is 10.7 Å². The summed E-state index contributed by atoms with van der Waals surface area (Å²) in [7, 11) is 0. The van der Waals surface area contributed by atoms with E-state index in [1.165, 1.54) is 0 Å². The van der Waals surface area contributed by atoms with E-state index in [2.05, 4.69) is 19.0 Å². The highest BCUT2D eigenvalue weighted by Gasteiger charge is 2.20. The smallest absolute Gasteiger partial charge is 0.142 e. The molecule has 0 radical (unpaired) electrons. The summed E-state index contributed by atoms with van der Waals surface area (Å²) in [6.45, 7) is 7.09. The van der Waals surface area contributed by atoms with E-state index in [9.17, 15) is 0 Å². The Labute approximate surface area is 79.3 Å². The molecule has 0 bridgehead atoms. The first-order chi connectivity index (χ1) is 6.16. The Hall–Kier alpha value is -0.830. The van der Waals surface area contributed by atoms with Crippen LogP contribution in [0.4, 0.5) is 0 Å². The zero-order valence-electron chi connectivity index (χ0n) is 8.58. The number of rotatable bonds is 4. The van der Waals surface area contributed by atoms with Gasteiger partial charge in [-0.05, 0) is 25.8 Å². The monoisotopic (exact) mass is 182 g/mol. The molecule has 0 saturated carbocycles. The van der Waals surface area contributed by atoms with Crippen molar-refractivity contribution < 1.29 is 4.52 Å². The van der Waals surface area contributed by atoms with Crippen molar-refractivity contribution in [2.75, 3.05) is 6.54 Å². The molecule has 1 unspecified atom stereocenters. The molecule has 1 atom stereocenters. The molecule has 1 rings (SSSR count). The molecule has 0 aliphatic heterocycles. The number of aromatic nitrogens is 1. The molecule has 1 aromatic rings. The van der Waals surface area contributed by atoms with Gasteiger partial charge in [0.25, 0.3) is 0 Å². The van der Waals surface area contributed by atoms with Gasteiger partial charge in [-0.25, -0.2) is 0 Å². The second-order valence-electron chi connectivity index (χ2n) is 3.80. The average Bonchev–Trinajstić information content (AvgIpc) is 2.47. The molecule has 0 amide bonds. The van der Waals surface area contributed by atoms with Crippen LogP contribution >= 0.6 is 0 Å². The number of aryl methyl sites for hydroxylation is 1. The number of hydrogen-bond acceptors (Lipinski definition) is 3. The Morgan fingerprint density at radius 2 is 2.23 bits per heavy atom. The maximum absolute atomic E-state index is 5.56. The zero-order valence-corrected chi connectivity index (χ0v) is 8.58. The van der Waals surface area contributed by atoms with Crippen molar-refractivity contribution >= 4 is 0 Å². The van der Waals surface area contributed by atoms with Gasteiger partial charge in [0.1, 0.15) is 5.76 Å². The molecule has 3 heteroatoms. The molecular formula is C10H18N2O. The van der Waals surface area contributed by atoms with E-state index in [1.807, 2.05) is 6.92 Å². The van der Waals surface area contributed by atoms with E-state index >= 15 is 0 Å². The van der Waals surface area contributed by atoms with Crippen molar-refractivity contribution in [3.05, 3.63) is 17.5 Å². The van der Waals surface area contributed by atoms with Gasteiger partial charge in [0.2, 0.25) is 0 Å². The van der Waals surface area contributed by atoms with Gasteiger partial charge in [0.05, 0.1) is 6.20 Å². The summed E-state index contributed by atoms with van der Waals surface area (Å²) in [6.07, 6.45) is 2.73. The molecular weight excluding hydrogens is 164 g/mol. The van der Waals surface area contributed by atoms with Gasteiger partial charge >= 0.3 is 0 Å². The first-order valence-electron chi connectivity index (χ1n) is 4.78. The van der Waals surface area contributed by atoms with E-state index in [0.717, 1.165) is 17.7 Å². The standard InChI is InChI=1S/C10H18N2O/c1-7(2)9(4-5-11)10-8(3)6-12-13-10/h6-7,9H,4-5,11H2,1-3H3. The van der Waals surface area contributed by atoms with Crippen LogP contribution in [0.25, 0.3) is 0 Å². The van der Waals surface area contributed by atoms with Crippen LogP contribution in [0.5, 0.6) is 0 Å². The predicted octanol–water partition coefficient (Wildman–Crippen LogP) is 2.07. The minimum Gasteiger partial charge on any atom is -0.361 e. The van der Waals surface area contributed by atoms with Gasteiger partial charge in [-0.2, -0.15) is 0 Å². The summed E-state index contributed by atoms with van der Waals surface area (Å²) in [6, 6.07) is 0. The fourth-order valence-corrected chi connectivity index (χ4v) is 1.60. The third-order valence-corrected chi connectivity index (χ3v) is 2.41. The van der Waals surface area contributed by atoms with Crippen LogP contribution in [0.1, 0.15) is 37.5 Å². The first kappa shape index (κ1) is 10.3. The van der Waals surface area contributed by atoms with Gasteiger partial charge in [0, 0.05) is 11.5 Å². The normalized spacial score (nSPS) is 13.6. The number of nitrogens with two attached hydrogens (primary N) is 1. The Balaban J connectivity index is 2.82. The lowest BCUT2D eigenvalue weighted by Gasteiger charge is -2.17. The second kappa shape index (κ2) is 4.42. The van der Waals surface area contributed by atoms with Crippen molar-refractivity contribution in [2.45, 2.75) is 33.1 Å². The highest BCUT2D eigenvalue weighted by Crippen LogP contribution is 2.29. The van der Waals surface area contributed by atoms with Crippen molar-refractivity contribution in [2.24, 2.45) is 11.7 Å². The molecule has 0 spiro atoms. The number of hydrogen-bond donors (Lipinski definition) is 1. The maximum Gasteiger partial charge on any atom is 0.142 e. The third kappa shape index (κ3) is 2.31. The van der Waals surface area contributed by atoms with Crippen LogP contribution in [-0.2, 0) is 0 Å². The first-order valence-corrected chi connectivity index (χ1v) is 4.78. The summed E-state index contributed by atoms with van der Waals surface area (Å²) < 4.78 is 5.23. The van der Waals surface area contributed by atoms with Crippen molar-refractivity contribution in [3.8, 4) is 0 Å². The second-order valence-corrected chi connectivity index (χ2v) is 3.80. The van der Waals surface area contributed by atoms with Gasteiger partial charge < -0.3 is 10.3 Å². The minimum absolute atomic E-state index is 0.410. The fraction of sp³-hybridized carbons (Fsp3) is 0.700. The highest BCUT2D eigenvalue weighted by molar-refractivity contribution is 5.16. The molecule has 0 aliphatic carbocycles. The van der Waals surface area contributed by atoms with Gasteiger partial charge in [-0.3, -0.25) is 0 Å². The lowest BCUT2D eigenvalue weighted by atomic mass is 9.89. The summed E-state index contributed by atoms with van der Waals surface area (Å²) in [5.74, 6) is 1.96. The van der Waals surface area contributed by atoms with Crippen LogP contribution in [-0.4, -0.2) is 11.7 Å². The summed E-state index contributed by atoms with van der Waals surface area (Å²) in [5, 5.41) is 3.79. The molecule has 1 aromatic heterocycles. The van der Waals surface area contributed by atoms with Crippen molar-refractivity contribution in [1.29, 1.82) is 0 Å². The van der Waals surface area contributed by atoms with Crippen LogP contribution < -0.4 is 5.73 Å². The van der Waals surface area contributed by atoms with E-state index in [0.29, 0.717) is 18.4 Å². The molecule has 0 aliphatic rings. The lowest BCUT2D eigenvalue weighted by Crippen LogP contribution is -2.12. The molecule has 0 aromatic carbocycles. The van der Waals surface area contributed by atoms with E-state index in [4.69, 9.17) is 10.3 Å². The molecule has 74 valence electrons. The lowest BCUT2D eigenvalue weighted by molar-refractivity contribution is 0.320. The average molecular weight is 182 g/mol. The molecule has 1 heterocycles. The minimum atomic E-state index is 0.410. The Kier molecular flexibility index (Phi) is 3.48. The molecule has 3 nitrogen and oxygen atoms in total. The maximum atomic E-state index is 5.56. The molecule has 0 saturated heterocycles. The van der Waals surface area contributed by atoms with Crippen LogP contribution in [0.3, 0.4) is 0 Å². The third-order valence-electron chi connectivity index (χ3n) is 2.41. The van der Waals surface area contributed by atoms with E-state index in [1.54, 1.807) is 6.20 Å². The molecule has 2 N–H and O–H groups in total. The van der Waals surface area contributed by atoms with Gasteiger partial charge in [0.15, 0.2) is 0 Å². The van der Waals surface area contributed by atoms with Gasteiger partial charge in [-0.1, -0.05) is 19.0 Å². The van der Waals surface area contributed by atoms with E-state index in [-0.39, 0.29) is 0 Å². The Morgan fingerprint density at radius 3 is 2.62 bits per heavy atom. The van der Waals surface area contributed by atoms with Crippen molar-refractivity contribution in [1.82, 2.24) is 5.16 Å². The molecule has 0 fully saturated rings. The largest absolute Gasteiger partial charge is 0.361 e. The van der Waals surface area contributed by atoms with Crippen LogP contribution in [0.2, 0.25) is 0 Å². The summed E-state index contributed by atoms with van der Waals surface area (Å²) in [5.41, 5.74) is 6.69.